The molecular weight excluding hydrogens is 336 g/mol. The number of benzene rings is 1. The van der Waals surface area contributed by atoms with Crippen LogP contribution in [0.3, 0.4) is 0 Å². The number of fused-ring (bicyclic) bond motifs is 3. The molecule has 0 saturated carbocycles. The Labute approximate surface area is 154 Å². The molecule has 3 rings (SSSR count). The van der Waals surface area contributed by atoms with Gasteiger partial charge in [0.25, 0.3) is 0 Å². The van der Waals surface area contributed by atoms with Crippen LogP contribution in [0, 0.1) is 0 Å². The molecule has 0 aromatic heterocycles. The smallest absolute Gasteiger partial charge is 0.222 e. The van der Waals surface area contributed by atoms with Crippen molar-refractivity contribution >= 4 is 11.6 Å². The molecule has 0 radical (unpaired) electrons. The average molecular weight is 364 g/mol. The highest BCUT2D eigenvalue weighted by molar-refractivity contribution is 5.76. The first kappa shape index (κ1) is 18.9. The molecule has 1 aromatic rings. The number of hydrogen-bond acceptors (Lipinski definition) is 6. The first-order valence-corrected chi connectivity index (χ1v) is 9.03. The summed E-state index contributed by atoms with van der Waals surface area (Å²) < 4.78 is 17.0. The molecular formula is C19H28N2O5. The van der Waals surface area contributed by atoms with Gasteiger partial charge in [0.2, 0.25) is 5.91 Å². The zero-order valence-electron chi connectivity index (χ0n) is 15.6. The van der Waals surface area contributed by atoms with Crippen molar-refractivity contribution in [2.24, 2.45) is 0 Å². The predicted octanol–water partition coefficient (Wildman–Crippen LogP) is 0.900. The summed E-state index contributed by atoms with van der Waals surface area (Å²) in [5.74, 6) is 0.897. The lowest BCUT2D eigenvalue weighted by Gasteiger charge is -2.37. The number of ether oxygens (including phenoxy) is 3. The van der Waals surface area contributed by atoms with E-state index in [-0.39, 0.29) is 37.1 Å². The van der Waals surface area contributed by atoms with E-state index >= 15 is 0 Å². The van der Waals surface area contributed by atoms with Crippen LogP contribution >= 0.6 is 0 Å². The van der Waals surface area contributed by atoms with Crippen LogP contribution in [-0.2, 0) is 14.3 Å². The van der Waals surface area contributed by atoms with Crippen LogP contribution in [-0.4, -0.2) is 70.3 Å². The number of aliphatic hydroxyl groups excluding tert-OH is 1. The van der Waals surface area contributed by atoms with Gasteiger partial charge in [-0.2, -0.15) is 0 Å². The van der Waals surface area contributed by atoms with E-state index in [1.165, 1.54) is 0 Å². The molecule has 144 valence electrons. The molecule has 0 bridgehead atoms. The summed E-state index contributed by atoms with van der Waals surface area (Å²) in [4.78, 5) is 14.2. The first-order chi connectivity index (χ1) is 12.5. The van der Waals surface area contributed by atoms with Gasteiger partial charge in [-0.15, -0.1) is 0 Å². The molecule has 7 heteroatoms. The molecule has 0 aliphatic carbocycles. The lowest BCUT2D eigenvalue weighted by Crippen LogP contribution is -2.47. The van der Waals surface area contributed by atoms with Gasteiger partial charge >= 0.3 is 0 Å². The Morgan fingerprint density at radius 3 is 2.92 bits per heavy atom. The standard InChI is InChI=1S/C19H28N2O5/c1-21(2)12-4-5-16-14(8-12)15-9-13(10-18(23)20-6-7-24-3)25-17(11-22)19(15)26-16/h4-5,8,13,15,17,19,22H,6-7,9-11H2,1-3H3,(H,20,23)/t13-,15-,17+,19+/m1/s1. The molecule has 1 fully saturated rings. The maximum Gasteiger partial charge on any atom is 0.222 e. The van der Waals surface area contributed by atoms with Crippen molar-refractivity contribution in [2.75, 3.05) is 45.9 Å². The second-order valence-corrected chi connectivity index (χ2v) is 7.07. The zero-order chi connectivity index (χ0) is 18.7. The Kier molecular flexibility index (Phi) is 6.01. The van der Waals surface area contributed by atoms with Crippen LogP contribution in [0.25, 0.3) is 0 Å². The van der Waals surface area contributed by atoms with E-state index in [1.807, 2.05) is 26.2 Å². The van der Waals surface area contributed by atoms with Crippen LogP contribution < -0.4 is 15.0 Å². The molecule has 7 nitrogen and oxygen atoms in total. The number of nitrogens with one attached hydrogen (secondary N) is 1. The van der Waals surface area contributed by atoms with Gasteiger partial charge in [-0.25, -0.2) is 0 Å². The third kappa shape index (κ3) is 3.95. The maximum atomic E-state index is 12.1. The van der Waals surface area contributed by atoms with E-state index < -0.39 is 6.10 Å². The van der Waals surface area contributed by atoms with Crippen molar-refractivity contribution in [2.45, 2.75) is 37.1 Å². The number of hydrogen-bond donors (Lipinski definition) is 2. The molecule has 2 N–H and O–H groups in total. The average Bonchev–Trinajstić information content (AvgIpc) is 2.99. The van der Waals surface area contributed by atoms with Gasteiger partial charge < -0.3 is 29.5 Å². The number of carbonyl (C=O) groups is 1. The molecule has 1 amide bonds. The fraction of sp³-hybridized carbons (Fsp3) is 0.632. The lowest BCUT2D eigenvalue weighted by molar-refractivity contribution is -0.142. The number of methoxy groups -OCH3 is 1. The Bertz CT molecular complexity index is 636. The van der Waals surface area contributed by atoms with Gasteiger partial charge in [0.1, 0.15) is 18.0 Å². The summed E-state index contributed by atoms with van der Waals surface area (Å²) in [6.07, 6.45) is 0.0870. The molecule has 2 heterocycles. The largest absolute Gasteiger partial charge is 0.487 e. The number of amides is 1. The normalized spacial score (nSPS) is 26.6. The number of aliphatic hydroxyl groups is 1. The zero-order valence-corrected chi connectivity index (χ0v) is 15.6. The second kappa shape index (κ2) is 8.24. The van der Waals surface area contributed by atoms with Gasteiger partial charge in [0, 0.05) is 44.9 Å². The van der Waals surface area contributed by atoms with Gasteiger partial charge in [-0.05, 0) is 24.6 Å². The lowest BCUT2D eigenvalue weighted by atomic mass is 9.84. The Morgan fingerprint density at radius 2 is 2.23 bits per heavy atom. The summed E-state index contributed by atoms with van der Waals surface area (Å²) in [5, 5.41) is 12.6. The van der Waals surface area contributed by atoms with Crippen LogP contribution in [0.5, 0.6) is 5.75 Å². The third-order valence-corrected chi connectivity index (χ3v) is 5.04. The van der Waals surface area contributed by atoms with Crippen LogP contribution in [0.2, 0.25) is 0 Å². The van der Waals surface area contributed by atoms with Gasteiger partial charge in [0.05, 0.1) is 25.7 Å². The molecule has 2 aliphatic heterocycles. The van der Waals surface area contributed by atoms with Gasteiger partial charge in [0.15, 0.2) is 0 Å². The monoisotopic (exact) mass is 364 g/mol. The fourth-order valence-corrected chi connectivity index (χ4v) is 3.73. The molecule has 0 unspecified atom stereocenters. The van der Waals surface area contributed by atoms with E-state index in [0.717, 1.165) is 17.0 Å². The summed E-state index contributed by atoms with van der Waals surface area (Å²) in [5.41, 5.74) is 2.24. The molecule has 0 spiro atoms. The maximum absolute atomic E-state index is 12.1. The van der Waals surface area contributed by atoms with E-state index in [2.05, 4.69) is 16.3 Å². The highest BCUT2D eigenvalue weighted by Gasteiger charge is 2.46. The highest BCUT2D eigenvalue weighted by atomic mass is 16.6. The fourth-order valence-electron chi connectivity index (χ4n) is 3.73. The quantitative estimate of drug-likeness (QED) is 0.700. The summed E-state index contributed by atoms with van der Waals surface area (Å²) in [6, 6.07) is 6.13. The van der Waals surface area contributed by atoms with Crippen molar-refractivity contribution in [3.8, 4) is 5.75 Å². The van der Waals surface area contributed by atoms with E-state index in [4.69, 9.17) is 14.2 Å². The number of anilines is 1. The Hall–Kier alpha value is -1.83. The second-order valence-electron chi connectivity index (χ2n) is 7.07. The SMILES string of the molecule is COCCNC(=O)C[C@H]1C[C@@H]2c3cc(N(C)C)ccc3O[C@@H]2[C@H](CO)O1. The molecule has 26 heavy (non-hydrogen) atoms. The minimum absolute atomic E-state index is 0.0663. The van der Waals surface area contributed by atoms with Gasteiger partial charge in [-0.1, -0.05) is 0 Å². The minimum Gasteiger partial charge on any atom is -0.487 e. The Morgan fingerprint density at radius 1 is 1.42 bits per heavy atom. The first-order valence-electron chi connectivity index (χ1n) is 9.03. The number of nitrogens with zero attached hydrogens (tertiary/aromatic N) is 1. The summed E-state index contributed by atoms with van der Waals surface area (Å²) in [6.45, 7) is 0.836. The topological polar surface area (TPSA) is 80.3 Å². The van der Waals surface area contributed by atoms with E-state index in [9.17, 15) is 9.90 Å². The molecule has 1 saturated heterocycles. The minimum atomic E-state index is -0.430. The Balaban J connectivity index is 1.72. The van der Waals surface area contributed by atoms with Crippen molar-refractivity contribution in [3.05, 3.63) is 23.8 Å². The van der Waals surface area contributed by atoms with E-state index in [1.54, 1.807) is 7.11 Å². The molecule has 4 atom stereocenters. The van der Waals surface area contributed by atoms with E-state index in [0.29, 0.717) is 19.6 Å². The van der Waals surface area contributed by atoms with Crippen LogP contribution in [0.4, 0.5) is 5.69 Å². The van der Waals surface area contributed by atoms with Crippen molar-refractivity contribution in [1.29, 1.82) is 0 Å². The predicted molar refractivity (Wildman–Crippen MR) is 97.8 cm³/mol. The number of carbonyl (C=O) groups excluding carboxylic acids is 1. The highest BCUT2D eigenvalue weighted by Crippen LogP contribution is 2.47. The van der Waals surface area contributed by atoms with Crippen LogP contribution in [0.15, 0.2) is 18.2 Å². The summed E-state index contributed by atoms with van der Waals surface area (Å²) in [7, 11) is 5.60. The summed E-state index contributed by atoms with van der Waals surface area (Å²) >= 11 is 0. The molecule has 2 aliphatic rings. The van der Waals surface area contributed by atoms with Crippen molar-refractivity contribution < 1.29 is 24.1 Å². The number of rotatable bonds is 7. The molecule has 1 aromatic carbocycles. The van der Waals surface area contributed by atoms with Crippen molar-refractivity contribution in [3.63, 3.8) is 0 Å². The van der Waals surface area contributed by atoms with Crippen LogP contribution in [0.1, 0.15) is 24.3 Å². The third-order valence-electron chi connectivity index (χ3n) is 5.04. The van der Waals surface area contributed by atoms with Crippen molar-refractivity contribution in [1.82, 2.24) is 5.32 Å². The van der Waals surface area contributed by atoms with Gasteiger partial charge in [-0.3, -0.25) is 4.79 Å².